The highest BCUT2D eigenvalue weighted by Gasteiger charge is 2.54. The number of amides is 1. The molecular formula is C89H167NO18. The third-order valence-corrected chi connectivity index (χ3v) is 22.7. The lowest BCUT2D eigenvalue weighted by Crippen LogP contribution is -2.66. The molecule has 0 bridgehead atoms. The minimum absolute atomic E-state index is 0.239. The van der Waals surface area contributed by atoms with Crippen LogP contribution in [0.25, 0.3) is 0 Å². The molecule has 3 rings (SSSR count). The van der Waals surface area contributed by atoms with Crippen LogP contribution in [0.1, 0.15) is 393 Å². The van der Waals surface area contributed by atoms with Crippen molar-refractivity contribution in [3.8, 4) is 0 Å². The molecule has 3 saturated heterocycles. The lowest BCUT2D eigenvalue weighted by atomic mass is 9.96. The van der Waals surface area contributed by atoms with Gasteiger partial charge in [-0.15, -0.1) is 0 Å². The summed E-state index contributed by atoms with van der Waals surface area (Å²) < 4.78 is 34.5. The minimum atomic E-state index is -1.98. The summed E-state index contributed by atoms with van der Waals surface area (Å²) in [5.74, 6) is -0.277. The molecule has 636 valence electrons. The first-order valence-electron chi connectivity index (χ1n) is 45.2. The molecule has 12 N–H and O–H groups in total. The number of carbonyl (C=O) groups is 1. The first-order chi connectivity index (χ1) is 52.8. The third kappa shape index (κ3) is 47.8. The Bertz CT molecular complexity index is 2090. The van der Waals surface area contributed by atoms with Crippen LogP contribution >= 0.6 is 0 Å². The molecular weight excluding hydrogens is 1370 g/mol. The second kappa shape index (κ2) is 69.3. The number of carbonyl (C=O) groups excluding carboxylic acids is 1. The van der Waals surface area contributed by atoms with Crippen molar-refractivity contribution in [2.24, 2.45) is 0 Å². The molecule has 0 radical (unpaired) electrons. The highest BCUT2D eigenvalue weighted by atomic mass is 16.8. The predicted octanol–water partition coefficient (Wildman–Crippen LogP) is 17.0. The molecule has 1 amide bonds. The Morgan fingerprint density at radius 3 is 0.926 bits per heavy atom. The molecule has 19 heteroatoms. The van der Waals surface area contributed by atoms with Gasteiger partial charge in [-0.05, 0) is 57.8 Å². The molecule has 0 spiro atoms. The van der Waals surface area contributed by atoms with Gasteiger partial charge < -0.3 is 89.9 Å². The van der Waals surface area contributed by atoms with Crippen LogP contribution in [0.5, 0.6) is 0 Å². The first-order valence-corrected chi connectivity index (χ1v) is 45.2. The van der Waals surface area contributed by atoms with E-state index in [1.807, 2.05) is 6.08 Å². The monoisotopic (exact) mass is 1540 g/mol. The second-order valence-corrected chi connectivity index (χ2v) is 32.4. The summed E-state index contributed by atoms with van der Waals surface area (Å²) in [5.41, 5.74) is 0. The van der Waals surface area contributed by atoms with Gasteiger partial charge in [0, 0.05) is 6.42 Å². The van der Waals surface area contributed by atoms with Crippen molar-refractivity contribution in [2.75, 3.05) is 26.4 Å². The molecule has 0 aliphatic carbocycles. The molecule has 0 aromatic carbocycles. The van der Waals surface area contributed by atoms with Crippen LogP contribution in [0.2, 0.25) is 0 Å². The molecule has 3 aliphatic heterocycles. The van der Waals surface area contributed by atoms with Gasteiger partial charge in [-0.25, -0.2) is 0 Å². The summed E-state index contributed by atoms with van der Waals surface area (Å²) in [5, 5.41) is 121. The number of ether oxygens (including phenoxy) is 6. The van der Waals surface area contributed by atoms with Crippen molar-refractivity contribution >= 4 is 5.91 Å². The van der Waals surface area contributed by atoms with Crippen molar-refractivity contribution in [3.63, 3.8) is 0 Å². The van der Waals surface area contributed by atoms with E-state index in [0.29, 0.717) is 12.8 Å². The largest absolute Gasteiger partial charge is 0.394 e. The quantitative estimate of drug-likeness (QED) is 0.0199. The molecule has 19 nitrogen and oxygen atoms in total. The molecule has 0 saturated carbocycles. The van der Waals surface area contributed by atoms with Gasteiger partial charge in [-0.1, -0.05) is 365 Å². The van der Waals surface area contributed by atoms with Crippen molar-refractivity contribution in [2.45, 2.75) is 497 Å². The SMILES string of the molecule is CCCCCCCCCC/C=C\CCCCCCCCCCCCCCCCCCCCCC(=O)NC(COC1OC(CO)C(OC2OC(CO)C(OC3OC(CO)C(O)C(O)C3O)C(O)C2O)C(O)C1O)C(O)/C=C/CC/C=C/CCCCCCCCCCCCCCCCCCCCCCCCCCCC. The van der Waals surface area contributed by atoms with Crippen LogP contribution in [-0.4, -0.2) is 193 Å². The van der Waals surface area contributed by atoms with E-state index >= 15 is 0 Å². The maximum Gasteiger partial charge on any atom is 0.220 e. The Labute approximate surface area is 657 Å². The van der Waals surface area contributed by atoms with Crippen LogP contribution in [0.15, 0.2) is 36.5 Å². The molecule has 0 aromatic heterocycles. The molecule has 17 unspecified atom stereocenters. The van der Waals surface area contributed by atoms with Gasteiger partial charge in [0.15, 0.2) is 18.9 Å². The summed E-state index contributed by atoms with van der Waals surface area (Å²) in [4.78, 5) is 13.5. The van der Waals surface area contributed by atoms with E-state index in [0.717, 1.165) is 38.5 Å². The Morgan fingerprint density at radius 1 is 0.324 bits per heavy atom. The summed E-state index contributed by atoms with van der Waals surface area (Å²) in [6, 6.07) is -0.991. The van der Waals surface area contributed by atoms with Crippen LogP contribution in [0.3, 0.4) is 0 Å². The molecule has 108 heavy (non-hydrogen) atoms. The molecule has 3 fully saturated rings. The zero-order valence-electron chi connectivity index (χ0n) is 68.6. The maximum atomic E-state index is 13.5. The van der Waals surface area contributed by atoms with Crippen molar-refractivity contribution in [3.05, 3.63) is 36.5 Å². The number of aliphatic hydroxyl groups is 11. The lowest BCUT2D eigenvalue weighted by molar-refractivity contribution is -0.379. The van der Waals surface area contributed by atoms with Gasteiger partial charge in [0.2, 0.25) is 5.91 Å². The number of rotatable bonds is 74. The summed E-state index contributed by atoms with van der Waals surface area (Å²) in [6.45, 7) is 1.79. The zero-order valence-corrected chi connectivity index (χ0v) is 68.6. The predicted molar refractivity (Wildman–Crippen MR) is 434 cm³/mol. The van der Waals surface area contributed by atoms with Crippen LogP contribution in [0.4, 0.5) is 0 Å². The average molecular weight is 1540 g/mol. The van der Waals surface area contributed by atoms with Crippen molar-refractivity contribution in [1.29, 1.82) is 0 Å². The standard InChI is InChI=1S/C89H167NO18/c1-3-5-7-9-11-13-15-17-19-21-23-25-27-29-31-33-35-37-38-40-42-44-46-48-50-52-54-56-58-60-62-64-66-73(94)72(90-77(95)67-65-63-61-59-57-55-53-51-49-47-45-43-41-39-36-34-32-30-28-26-24-22-20-18-16-14-12-10-8-6-4-2)71-103-87-83(101)80(98)85(75(69-92)105-87)108-89-84(102)81(99)86(76(70-93)106-89)107-88-82(100)79(97)78(96)74(68-91)104-88/h22,24,56,58,64,66,72-76,78-89,91-94,96-102H,3-21,23,25-55,57,59-63,65,67-71H2,1-2H3,(H,90,95)/b24-22-,58-56+,66-64+. The highest BCUT2D eigenvalue weighted by molar-refractivity contribution is 5.76. The van der Waals surface area contributed by atoms with Crippen molar-refractivity contribution < 1.29 is 89.4 Å². The van der Waals surface area contributed by atoms with Crippen molar-refractivity contribution in [1.82, 2.24) is 5.32 Å². The molecule has 0 aromatic rings. The number of unbranched alkanes of at least 4 members (excludes halogenated alkanes) is 54. The number of aliphatic hydroxyl groups excluding tert-OH is 11. The summed E-state index contributed by atoms with van der Waals surface area (Å²) in [7, 11) is 0. The lowest BCUT2D eigenvalue weighted by Gasteiger charge is -2.48. The van der Waals surface area contributed by atoms with E-state index in [4.69, 9.17) is 28.4 Å². The fraction of sp³-hybridized carbons (Fsp3) is 0.921. The van der Waals surface area contributed by atoms with E-state index < -0.39 is 124 Å². The number of nitrogens with one attached hydrogen (secondary N) is 1. The van der Waals surface area contributed by atoms with Gasteiger partial charge >= 0.3 is 0 Å². The smallest absolute Gasteiger partial charge is 0.220 e. The topological polar surface area (TPSA) is 307 Å². The number of hydrogen-bond donors (Lipinski definition) is 12. The van der Waals surface area contributed by atoms with E-state index in [-0.39, 0.29) is 18.9 Å². The van der Waals surface area contributed by atoms with Gasteiger partial charge in [0.05, 0.1) is 38.6 Å². The Hall–Kier alpha value is -1.99. The zero-order chi connectivity index (χ0) is 78.1. The van der Waals surface area contributed by atoms with Crippen LogP contribution in [-0.2, 0) is 33.2 Å². The van der Waals surface area contributed by atoms with Gasteiger partial charge in [0.25, 0.3) is 0 Å². The summed E-state index contributed by atoms with van der Waals surface area (Å²) in [6.07, 6.45) is 61.6. The van der Waals surface area contributed by atoms with Gasteiger partial charge in [-0.3, -0.25) is 4.79 Å². The minimum Gasteiger partial charge on any atom is -0.394 e. The van der Waals surface area contributed by atoms with Gasteiger partial charge in [0.1, 0.15) is 73.2 Å². The third-order valence-electron chi connectivity index (χ3n) is 22.7. The van der Waals surface area contributed by atoms with E-state index in [9.17, 15) is 61.0 Å². The number of allylic oxidation sites excluding steroid dienone is 5. The van der Waals surface area contributed by atoms with E-state index in [1.54, 1.807) is 6.08 Å². The van der Waals surface area contributed by atoms with Crippen LogP contribution in [0, 0.1) is 0 Å². The van der Waals surface area contributed by atoms with E-state index in [2.05, 4.69) is 43.5 Å². The summed E-state index contributed by atoms with van der Waals surface area (Å²) >= 11 is 0. The Kier molecular flexibility index (Phi) is 64.3. The average Bonchev–Trinajstić information content (AvgIpc) is 0.779. The van der Waals surface area contributed by atoms with E-state index in [1.165, 1.54) is 321 Å². The number of hydrogen-bond acceptors (Lipinski definition) is 18. The first kappa shape index (κ1) is 100. The molecule has 3 aliphatic rings. The van der Waals surface area contributed by atoms with Gasteiger partial charge in [-0.2, -0.15) is 0 Å². The van der Waals surface area contributed by atoms with Crippen LogP contribution < -0.4 is 5.32 Å². The fourth-order valence-electron chi connectivity index (χ4n) is 15.4. The Morgan fingerprint density at radius 2 is 0.593 bits per heavy atom. The fourth-order valence-corrected chi connectivity index (χ4v) is 15.4. The molecule has 3 heterocycles. The maximum absolute atomic E-state index is 13.5. The normalized spacial score (nSPS) is 25.5. The highest BCUT2D eigenvalue weighted by Crippen LogP contribution is 2.34. The second-order valence-electron chi connectivity index (χ2n) is 32.4. The molecule has 17 atom stereocenters. The Balaban J connectivity index is 1.34.